The van der Waals surface area contributed by atoms with Crippen LogP contribution in [-0.2, 0) is 0 Å². The van der Waals surface area contributed by atoms with Crippen LogP contribution >= 0.6 is 11.3 Å². The highest BCUT2D eigenvalue weighted by molar-refractivity contribution is 7.17. The lowest BCUT2D eigenvalue weighted by molar-refractivity contribution is -0.138. The quantitative estimate of drug-likeness (QED) is 0.508. The van der Waals surface area contributed by atoms with E-state index in [1.54, 1.807) is 6.92 Å². The Morgan fingerprint density at radius 1 is 1.16 bits per heavy atom. The first kappa shape index (κ1) is 25.9. The summed E-state index contributed by atoms with van der Waals surface area (Å²) in [5.41, 5.74) is 1.34. The van der Waals surface area contributed by atoms with E-state index in [0.29, 0.717) is 35.3 Å². The number of carbonyl (C=O) groups is 2. The monoisotopic (exact) mass is 537 g/mol. The van der Waals surface area contributed by atoms with Gasteiger partial charge in [-0.15, -0.1) is 11.3 Å². The zero-order valence-corrected chi connectivity index (χ0v) is 21.5. The zero-order chi connectivity index (χ0) is 26.5. The van der Waals surface area contributed by atoms with E-state index in [-0.39, 0.29) is 40.6 Å². The van der Waals surface area contributed by atoms with E-state index >= 15 is 0 Å². The lowest BCUT2D eigenvalue weighted by atomic mass is 10.0. The summed E-state index contributed by atoms with van der Waals surface area (Å²) in [6.07, 6.45) is 2.13. The topological polar surface area (TPSA) is 107 Å². The van der Waals surface area contributed by atoms with Crippen molar-refractivity contribution in [3.05, 3.63) is 28.5 Å². The number of carbonyl (C=O) groups excluding carboxylic acids is 2. The van der Waals surface area contributed by atoms with Crippen LogP contribution in [-0.4, -0.2) is 68.2 Å². The van der Waals surface area contributed by atoms with Crippen molar-refractivity contribution in [1.29, 1.82) is 0 Å². The average molecular weight is 538 g/mol. The van der Waals surface area contributed by atoms with Crippen molar-refractivity contribution in [1.82, 2.24) is 20.2 Å². The number of aliphatic hydroxyl groups is 1. The fourth-order valence-corrected chi connectivity index (χ4v) is 6.66. The summed E-state index contributed by atoms with van der Waals surface area (Å²) in [6, 6.07) is -0.100. The van der Waals surface area contributed by atoms with Crippen molar-refractivity contribution >= 4 is 29.0 Å². The summed E-state index contributed by atoms with van der Waals surface area (Å²) in [5.74, 6) is -0.561. The highest BCUT2D eigenvalue weighted by Gasteiger charge is 2.44. The Morgan fingerprint density at radius 3 is 2.41 bits per heavy atom. The summed E-state index contributed by atoms with van der Waals surface area (Å²) in [5, 5.41) is 15.2. The maximum Gasteiger partial charge on any atom is 0.408 e. The SMILES string of the molecule is Cc1cc(N[C@@H](C)C(F)(F)F)ncc1-c1sc(C(=O)N[C@@H]2CC[C@@H](O)C2)nc1C(=O)N1C2CCC1CC2. The van der Waals surface area contributed by atoms with Crippen LogP contribution in [0.5, 0.6) is 0 Å². The van der Waals surface area contributed by atoms with Crippen LogP contribution in [0.4, 0.5) is 19.0 Å². The molecule has 2 bridgehead atoms. The Labute approximate surface area is 216 Å². The first-order valence-electron chi connectivity index (χ1n) is 12.6. The van der Waals surface area contributed by atoms with Crippen molar-refractivity contribution in [2.75, 3.05) is 5.32 Å². The number of hydrogen-bond acceptors (Lipinski definition) is 7. The van der Waals surface area contributed by atoms with Crippen molar-refractivity contribution in [2.24, 2.45) is 0 Å². The number of aromatic nitrogens is 2. The molecular weight excluding hydrogens is 507 g/mol. The minimum absolute atomic E-state index is 0.0683. The molecule has 0 spiro atoms. The minimum Gasteiger partial charge on any atom is -0.393 e. The van der Waals surface area contributed by atoms with Crippen molar-refractivity contribution in [3.63, 3.8) is 0 Å². The second-order valence-electron chi connectivity index (χ2n) is 10.3. The molecule has 3 N–H and O–H groups in total. The number of aryl methyl sites for hydroxylation is 1. The number of pyridine rings is 1. The molecule has 12 heteroatoms. The fourth-order valence-electron chi connectivity index (χ4n) is 5.62. The first-order valence-corrected chi connectivity index (χ1v) is 13.5. The van der Waals surface area contributed by atoms with Gasteiger partial charge in [-0.25, -0.2) is 9.97 Å². The normalized spacial score (nSPS) is 25.9. The van der Waals surface area contributed by atoms with Gasteiger partial charge < -0.3 is 20.6 Å². The van der Waals surface area contributed by atoms with Crippen LogP contribution < -0.4 is 10.6 Å². The molecule has 2 aromatic heterocycles. The largest absolute Gasteiger partial charge is 0.408 e. The molecule has 4 heterocycles. The molecule has 0 radical (unpaired) electrons. The Bertz CT molecular complexity index is 1180. The number of nitrogens with one attached hydrogen (secondary N) is 2. The third-order valence-corrected chi connectivity index (χ3v) is 8.75. The number of anilines is 1. The van der Waals surface area contributed by atoms with Crippen molar-refractivity contribution in [2.45, 2.75) is 95.2 Å². The first-order chi connectivity index (χ1) is 17.5. The van der Waals surface area contributed by atoms with E-state index < -0.39 is 24.2 Å². The van der Waals surface area contributed by atoms with Crippen LogP contribution in [0.3, 0.4) is 0 Å². The van der Waals surface area contributed by atoms with Gasteiger partial charge in [-0.1, -0.05) is 0 Å². The minimum atomic E-state index is -4.42. The molecule has 3 fully saturated rings. The highest BCUT2D eigenvalue weighted by atomic mass is 32.1. The lowest BCUT2D eigenvalue weighted by Gasteiger charge is -2.22. The molecule has 2 saturated heterocycles. The Balaban J connectivity index is 1.47. The van der Waals surface area contributed by atoms with E-state index in [2.05, 4.69) is 20.6 Å². The maximum atomic E-state index is 13.7. The molecule has 2 aromatic rings. The van der Waals surface area contributed by atoms with Crippen LogP contribution in [0.15, 0.2) is 12.3 Å². The van der Waals surface area contributed by atoms with Crippen molar-refractivity contribution in [3.8, 4) is 10.4 Å². The van der Waals surface area contributed by atoms with Crippen LogP contribution in [0.2, 0.25) is 0 Å². The Hall–Kier alpha value is -2.73. The molecule has 200 valence electrons. The summed E-state index contributed by atoms with van der Waals surface area (Å²) < 4.78 is 39.0. The molecular formula is C25H30F3N5O3S. The van der Waals surface area contributed by atoms with Gasteiger partial charge >= 0.3 is 6.18 Å². The molecule has 0 unspecified atom stereocenters. The molecule has 2 amide bonds. The van der Waals surface area contributed by atoms with Gasteiger partial charge in [0.15, 0.2) is 5.01 Å². The van der Waals surface area contributed by atoms with E-state index in [1.165, 1.54) is 12.3 Å². The van der Waals surface area contributed by atoms with Gasteiger partial charge in [0.2, 0.25) is 0 Å². The number of halogens is 3. The summed E-state index contributed by atoms with van der Waals surface area (Å²) in [7, 11) is 0. The third-order valence-electron chi connectivity index (χ3n) is 7.66. The zero-order valence-electron chi connectivity index (χ0n) is 20.6. The predicted octanol–water partition coefficient (Wildman–Crippen LogP) is 4.29. The molecule has 0 aromatic carbocycles. The lowest BCUT2D eigenvalue weighted by Crippen LogP contribution is -2.36. The van der Waals surface area contributed by atoms with Crippen LogP contribution in [0.25, 0.3) is 10.4 Å². The number of alkyl halides is 3. The number of rotatable bonds is 6. The van der Waals surface area contributed by atoms with E-state index in [9.17, 15) is 27.9 Å². The number of fused-ring (bicyclic) bond motifs is 2. The second kappa shape index (κ2) is 9.86. The summed E-state index contributed by atoms with van der Waals surface area (Å²) >= 11 is 1.08. The van der Waals surface area contributed by atoms with E-state index in [0.717, 1.165) is 43.9 Å². The van der Waals surface area contributed by atoms with Gasteiger partial charge in [0, 0.05) is 29.9 Å². The van der Waals surface area contributed by atoms with Gasteiger partial charge in [0.1, 0.15) is 17.6 Å². The van der Waals surface area contributed by atoms with Crippen molar-refractivity contribution < 1.29 is 27.9 Å². The average Bonchev–Trinajstić information content (AvgIpc) is 3.62. The highest BCUT2D eigenvalue weighted by Crippen LogP contribution is 2.41. The summed E-state index contributed by atoms with van der Waals surface area (Å²) in [4.78, 5) is 37.8. The molecule has 8 nitrogen and oxygen atoms in total. The molecule has 3 atom stereocenters. The third kappa shape index (κ3) is 5.18. The number of aliphatic hydroxyl groups excluding tert-OH is 1. The van der Waals surface area contributed by atoms with Crippen LogP contribution in [0.1, 0.15) is 77.7 Å². The second-order valence-corrected chi connectivity index (χ2v) is 11.3. The van der Waals surface area contributed by atoms with Gasteiger partial charge in [-0.3, -0.25) is 9.59 Å². The Morgan fingerprint density at radius 2 is 1.84 bits per heavy atom. The predicted molar refractivity (Wildman–Crippen MR) is 133 cm³/mol. The number of amides is 2. The fraction of sp³-hybridized carbons (Fsp3) is 0.600. The smallest absolute Gasteiger partial charge is 0.393 e. The van der Waals surface area contributed by atoms with Gasteiger partial charge in [0.05, 0.1) is 11.0 Å². The van der Waals surface area contributed by atoms with Crippen LogP contribution in [0, 0.1) is 6.92 Å². The molecule has 5 rings (SSSR count). The van der Waals surface area contributed by atoms with Gasteiger partial charge in [-0.2, -0.15) is 13.2 Å². The molecule has 3 aliphatic rings. The van der Waals surface area contributed by atoms with E-state index in [1.807, 2.05) is 4.90 Å². The maximum absolute atomic E-state index is 13.7. The molecule has 1 saturated carbocycles. The summed E-state index contributed by atoms with van der Waals surface area (Å²) in [6.45, 7) is 2.75. The Kier molecular flexibility index (Phi) is 6.90. The number of nitrogens with zero attached hydrogens (tertiary/aromatic N) is 3. The number of thiazole rings is 1. The van der Waals surface area contributed by atoms with E-state index in [4.69, 9.17) is 0 Å². The number of hydrogen-bond donors (Lipinski definition) is 3. The standard InChI is InChI=1S/C25H30F3N5O3S/c1-12-9-19(30-13(2)25(26,27)28)29-11-18(12)21-20(24(36)33-15-4-5-16(33)7-6-15)32-23(37-21)22(35)31-14-3-8-17(34)10-14/h9,11,13-17,34H,3-8,10H2,1-2H3,(H,29,30)(H,31,35)/t13-,14+,15?,16?,17+/m0/s1. The van der Waals surface area contributed by atoms with Gasteiger partial charge in [0.25, 0.3) is 11.8 Å². The van der Waals surface area contributed by atoms with Gasteiger partial charge in [-0.05, 0) is 70.4 Å². The molecule has 2 aliphatic heterocycles. The molecule has 37 heavy (non-hydrogen) atoms. The molecule has 1 aliphatic carbocycles.